The SMILES string of the molecule is CCNC(=NCCCOCC1CCOCC1)NCCOc1cccc(Br)c1.I. The van der Waals surface area contributed by atoms with Crippen molar-refractivity contribution in [2.75, 3.05) is 52.7 Å². The highest BCUT2D eigenvalue weighted by Crippen LogP contribution is 2.17. The normalized spacial score (nSPS) is 15.0. The van der Waals surface area contributed by atoms with E-state index in [4.69, 9.17) is 14.2 Å². The van der Waals surface area contributed by atoms with Crippen molar-refractivity contribution in [2.45, 2.75) is 26.2 Å². The van der Waals surface area contributed by atoms with E-state index in [2.05, 4.69) is 38.5 Å². The van der Waals surface area contributed by atoms with Gasteiger partial charge in [0.25, 0.3) is 0 Å². The van der Waals surface area contributed by atoms with Crippen LogP contribution in [0.2, 0.25) is 0 Å². The lowest BCUT2D eigenvalue weighted by molar-refractivity contribution is 0.0205. The molecule has 1 fully saturated rings. The minimum Gasteiger partial charge on any atom is -0.492 e. The first-order valence-corrected chi connectivity index (χ1v) is 10.6. The Morgan fingerprint density at radius 3 is 2.82 bits per heavy atom. The van der Waals surface area contributed by atoms with E-state index < -0.39 is 0 Å². The van der Waals surface area contributed by atoms with Crippen LogP contribution in [0.1, 0.15) is 26.2 Å². The topological polar surface area (TPSA) is 64.1 Å². The van der Waals surface area contributed by atoms with Gasteiger partial charge in [0.05, 0.1) is 6.54 Å². The summed E-state index contributed by atoms with van der Waals surface area (Å²) >= 11 is 3.44. The second kappa shape index (κ2) is 16.2. The third-order valence-corrected chi connectivity index (χ3v) is 4.71. The fourth-order valence-electron chi connectivity index (χ4n) is 2.76. The van der Waals surface area contributed by atoms with Crippen LogP contribution in [0, 0.1) is 5.92 Å². The van der Waals surface area contributed by atoms with Crippen LogP contribution in [0.3, 0.4) is 0 Å². The van der Waals surface area contributed by atoms with Gasteiger partial charge in [0.15, 0.2) is 5.96 Å². The van der Waals surface area contributed by atoms with Crippen LogP contribution in [-0.2, 0) is 9.47 Å². The van der Waals surface area contributed by atoms with Gasteiger partial charge < -0.3 is 24.8 Å². The van der Waals surface area contributed by atoms with Crippen molar-refractivity contribution in [3.05, 3.63) is 28.7 Å². The van der Waals surface area contributed by atoms with Gasteiger partial charge in [0.1, 0.15) is 12.4 Å². The largest absolute Gasteiger partial charge is 0.492 e. The van der Waals surface area contributed by atoms with E-state index in [0.717, 1.165) is 75.0 Å². The third kappa shape index (κ3) is 11.4. The number of hydrogen-bond donors (Lipinski definition) is 2. The zero-order chi connectivity index (χ0) is 19.2. The van der Waals surface area contributed by atoms with Crippen molar-refractivity contribution in [3.8, 4) is 5.75 Å². The van der Waals surface area contributed by atoms with Crippen LogP contribution in [0.5, 0.6) is 5.75 Å². The predicted octanol–water partition coefficient (Wildman–Crippen LogP) is 3.83. The molecule has 2 rings (SSSR count). The van der Waals surface area contributed by atoms with Crippen LogP contribution < -0.4 is 15.4 Å². The standard InChI is InChI=1S/C20H32BrN3O3.HI/c1-2-22-20(24-10-14-27-19-6-3-5-18(21)15-19)23-9-4-11-26-16-17-7-12-25-13-8-17;/h3,5-6,15,17H,2,4,7-14,16H2,1H3,(H2,22,23,24);1H. The van der Waals surface area contributed by atoms with Crippen molar-refractivity contribution in [3.63, 3.8) is 0 Å². The summed E-state index contributed by atoms with van der Waals surface area (Å²) < 4.78 is 17.9. The Balaban J connectivity index is 0.00000392. The quantitative estimate of drug-likeness (QED) is 0.183. The minimum atomic E-state index is 0. The first-order chi connectivity index (χ1) is 13.3. The van der Waals surface area contributed by atoms with Gasteiger partial charge in [-0.3, -0.25) is 4.99 Å². The summed E-state index contributed by atoms with van der Waals surface area (Å²) in [5, 5.41) is 6.55. The Hall–Kier alpha value is -0.580. The van der Waals surface area contributed by atoms with E-state index in [-0.39, 0.29) is 24.0 Å². The fraction of sp³-hybridized carbons (Fsp3) is 0.650. The highest BCUT2D eigenvalue weighted by Gasteiger charge is 2.13. The molecule has 0 saturated carbocycles. The van der Waals surface area contributed by atoms with Crippen molar-refractivity contribution >= 4 is 45.9 Å². The number of nitrogens with zero attached hydrogens (tertiary/aromatic N) is 1. The second-order valence-electron chi connectivity index (χ2n) is 6.48. The zero-order valence-corrected chi connectivity index (χ0v) is 20.5. The van der Waals surface area contributed by atoms with Crippen LogP contribution in [0.4, 0.5) is 0 Å². The molecule has 1 saturated heterocycles. The van der Waals surface area contributed by atoms with Crippen molar-refractivity contribution in [1.82, 2.24) is 10.6 Å². The monoisotopic (exact) mass is 569 g/mol. The molecule has 1 aliphatic heterocycles. The molecule has 160 valence electrons. The van der Waals surface area contributed by atoms with Gasteiger partial charge in [0, 0.05) is 44.0 Å². The van der Waals surface area contributed by atoms with Gasteiger partial charge in [-0.25, -0.2) is 0 Å². The predicted molar refractivity (Wildman–Crippen MR) is 128 cm³/mol. The highest BCUT2D eigenvalue weighted by molar-refractivity contribution is 14.0. The maximum atomic E-state index is 5.78. The van der Waals surface area contributed by atoms with Crippen LogP contribution >= 0.6 is 39.9 Å². The summed E-state index contributed by atoms with van der Waals surface area (Å²) in [5.74, 6) is 2.33. The Kier molecular flexibility index (Phi) is 14.8. The molecular weight excluding hydrogens is 537 g/mol. The minimum absolute atomic E-state index is 0. The van der Waals surface area contributed by atoms with Crippen molar-refractivity contribution in [1.29, 1.82) is 0 Å². The fourth-order valence-corrected chi connectivity index (χ4v) is 3.14. The number of ether oxygens (including phenoxy) is 3. The van der Waals surface area contributed by atoms with E-state index in [1.165, 1.54) is 0 Å². The smallest absolute Gasteiger partial charge is 0.191 e. The number of halogens is 2. The van der Waals surface area contributed by atoms with E-state index in [0.29, 0.717) is 19.1 Å². The summed E-state index contributed by atoms with van der Waals surface area (Å²) in [6.07, 6.45) is 3.16. The first kappa shape index (κ1) is 25.5. The summed E-state index contributed by atoms with van der Waals surface area (Å²) in [7, 11) is 0. The third-order valence-electron chi connectivity index (χ3n) is 4.21. The average Bonchev–Trinajstić information content (AvgIpc) is 2.68. The Labute approximate surface area is 194 Å². The van der Waals surface area contributed by atoms with Crippen LogP contribution in [0.25, 0.3) is 0 Å². The molecular formula is C20H33BrIN3O3. The first-order valence-electron chi connectivity index (χ1n) is 9.84. The van der Waals surface area contributed by atoms with Crippen LogP contribution in [0.15, 0.2) is 33.7 Å². The number of hydrogen-bond acceptors (Lipinski definition) is 4. The number of benzene rings is 1. The van der Waals surface area contributed by atoms with Gasteiger partial charge in [-0.15, -0.1) is 24.0 Å². The lowest BCUT2D eigenvalue weighted by Crippen LogP contribution is -2.39. The molecule has 0 aliphatic carbocycles. The molecule has 0 bridgehead atoms. The molecule has 0 unspecified atom stereocenters. The Bertz CT molecular complexity index is 557. The number of aliphatic imine (C=N–C) groups is 1. The van der Waals surface area contributed by atoms with Gasteiger partial charge >= 0.3 is 0 Å². The van der Waals surface area contributed by atoms with E-state index in [1.54, 1.807) is 0 Å². The Morgan fingerprint density at radius 2 is 2.07 bits per heavy atom. The summed E-state index contributed by atoms with van der Waals surface area (Å²) in [6.45, 7) is 8.27. The summed E-state index contributed by atoms with van der Waals surface area (Å²) in [4.78, 5) is 4.59. The zero-order valence-electron chi connectivity index (χ0n) is 16.6. The molecule has 1 heterocycles. The number of rotatable bonds is 11. The molecule has 6 nitrogen and oxygen atoms in total. The molecule has 0 aromatic heterocycles. The van der Waals surface area contributed by atoms with E-state index in [9.17, 15) is 0 Å². The van der Waals surface area contributed by atoms with E-state index in [1.807, 2.05) is 24.3 Å². The molecule has 28 heavy (non-hydrogen) atoms. The average molecular weight is 570 g/mol. The lowest BCUT2D eigenvalue weighted by Gasteiger charge is -2.21. The van der Waals surface area contributed by atoms with Crippen molar-refractivity contribution in [2.24, 2.45) is 10.9 Å². The second-order valence-corrected chi connectivity index (χ2v) is 7.39. The highest BCUT2D eigenvalue weighted by atomic mass is 127. The summed E-state index contributed by atoms with van der Waals surface area (Å²) in [6, 6.07) is 7.85. The molecule has 0 atom stereocenters. The molecule has 1 aliphatic rings. The Morgan fingerprint density at radius 1 is 1.25 bits per heavy atom. The van der Waals surface area contributed by atoms with Gasteiger partial charge in [-0.2, -0.15) is 0 Å². The lowest BCUT2D eigenvalue weighted by atomic mass is 10.0. The molecule has 1 aromatic carbocycles. The van der Waals surface area contributed by atoms with Crippen molar-refractivity contribution < 1.29 is 14.2 Å². The molecule has 1 aromatic rings. The van der Waals surface area contributed by atoms with Crippen LogP contribution in [-0.4, -0.2) is 58.6 Å². The maximum Gasteiger partial charge on any atom is 0.191 e. The number of guanidine groups is 1. The summed E-state index contributed by atoms with van der Waals surface area (Å²) in [5.41, 5.74) is 0. The molecule has 0 radical (unpaired) electrons. The molecule has 2 N–H and O–H groups in total. The van der Waals surface area contributed by atoms with E-state index >= 15 is 0 Å². The molecule has 0 amide bonds. The van der Waals surface area contributed by atoms with Gasteiger partial charge in [0.2, 0.25) is 0 Å². The molecule has 0 spiro atoms. The number of nitrogens with one attached hydrogen (secondary N) is 2. The molecule has 8 heteroatoms. The van der Waals surface area contributed by atoms with Gasteiger partial charge in [-0.05, 0) is 50.3 Å². The maximum absolute atomic E-state index is 5.78. The van der Waals surface area contributed by atoms with Gasteiger partial charge in [-0.1, -0.05) is 22.0 Å².